The summed E-state index contributed by atoms with van der Waals surface area (Å²) in [4.78, 5) is 36.8. The Kier molecular flexibility index (Phi) is 7.19. The topological polar surface area (TPSA) is 94.2 Å². The molecule has 0 fully saturated rings. The molecule has 0 radical (unpaired) electrons. The fourth-order valence-electron chi connectivity index (χ4n) is 3.74. The van der Waals surface area contributed by atoms with Gasteiger partial charge in [-0.2, -0.15) is 0 Å². The molecule has 0 aliphatic rings. The Balaban J connectivity index is 1.47. The van der Waals surface area contributed by atoms with Crippen molar-refractivity contribution < 1.29 is 23.5 Å². The summed E-state index contributed by atoms with van der Waals surface area (Å²) in [5.41, 5.74) is 5.73. The van der Waals surface area contributed by atoms with Crippen molar-refractivity contribution in [3.05, 3.63) is 73.4 Å². The third-order valence-corrected chi connectivity index (χ3v) is 6.68. The maximum absolute atomic E-state index is 9.12. The lowest BCUT2D eigenvalue weighted by molar-refractivity contribution is -0.697. The summed E-state index contributed by atoms with van der Waals surface area (Å²) in [6.07, 6.45) is 12.7. The summed E-state index contributed by atoms with van der Waals surface area (Å²) in [5.74, 6) is 0. The molecule has 0 aliphatic heterocycles. The largest absolute Gasteiger partial charge is 0.492 e. The van der Waals surface area contributed by atoms with Crippen LogP contribution in [0.5, 0.6) is 0 Å². The first-order valence-corrected chi connectivity index (χ1v) is 13.4. The molecule has 33 heavy (non-hydrogen) atoms. The van der Waals surface area contributed by atoms with Crippen molar-refractivity contribution in [1.82, 2.24) is 9.97 Å². The third-order valence-electron chi connectivity index (χ3n) is 5.65. The summed E-state index contributed by atoms with van der Waals surface area (Å²) in [6.45, 7) is 3.84. The molecule has 3 heterocycles. The van der Waals surface area contributed by atoms with Gasteiger partial charge >= 0.3 is 8.80 Å². The second-order valence-corrected chi connectivity index (χ2v) is 10.4. The van der Waals surface area contributed by atoms with Crippen LogP contribution in [0.3, 0.4) is 0 Å². The van der Waals surface area contributed by atoms with Crippen LogP contribution in [-0.4, -0.2) is 33.2 Å². The van der Waals surface area contributed by atoms with E-state index in [2.05, 4.69) is 53.1 Å². The molecule has 0 amide bonds. The molecule has 4 rings (SSSR count). The number of aryl methyl sites for hydroxylation is 2. The Hall–Kier alpha value is -3.04. The number of nitrogens with zero attached hydrogens (tertiary/aromatic N) is 4. The van der Waals surface area contributed by atoms with Crippen molar-refractivity contribution in [1.29, 1.82) is 0 Å². The predicted octanol–water partition coefficient (Wildman–Crippen LogP) is 2.64. The molecule has 8 heteroatoms. The Morgan fingerprint density at radius 1 is 0.758 bits per heavy atom. The molecule has 0 atom stereocenters. The maximum Gasteiger partial charge on any atom is 0.492 e. The highest BCUT2D eigenvalue weighted by molar-refractivity contribution is 6.56. The van der Waals surface area contributed by atoms with Gasteiger partial charge in [-0.15, -0.1) is 0 Å². The number of fused-ring (bicyclic) bond motifs is 1. The number of rotatable bonds is 9. The molecule has 3 N–H and O–H groups in total. The second-order valence-electron chi connectivity index (χ2n) is 8.34. The molecule has 7 nitrogen and oxygen atoms in total. The van der Waals surface area contributed by atoms with Crippen molar-refractivity contribution in [2.75, 3.05) is 0 Å². The van der Waals surface area contributed by atoms with Gasteiger partial charge in [0.2, 0.25) is 0 Å². The predicted molar refractivity (Wildman–Crippen MR) is 128 cm³/mol. The van der Waals surface area contributed by atoms with E-state index in [0.717, 1.165) is 40.0 Å². The molecular formula is C25H30N4O3Si+2. The molecule has 0 saturated heterocycles. The quantitative estimate of drug-likeness (QED) is 0.263. The lowest BCUT2D eigenvalue weighted by Gasteiger charge is -2.07. The Morgan fingerprint density at radius 2 is 1.39 bits per heavy atom. The van der Waals surface area contributed by atoms with Crippen LogP contribution >= 0.6 is 0 Å². The molecule has 4 aromatic rings. The van der Waals surface area contributed by atoms with E-state index in [-0.39, 0.29) is 6.04 Å². The van der Waals surface area contributed by atoms with Gasteiger partial charge in [0, 0.05) is 48.7 Å². The van der Waals surface area contributed by atoms with Gasteiger partial charge in [-0.05, 0) is 23.3 Å². The second kappa shape index (κ2) is 10.3. The van der Waals surface area contributed by atoms with Crippen molar-refractivity contribution in [2.45, 2.75) is 45.3 Å². The number of aromatic nitrogens is 4. The van der Waals surface area contributed by atoms with Crippen LogP contribution in [0.2, 0.25) is 6.04 Å². The zero-order valence-electron chi connectivity index (χ0n) is 18.8. The maximum atomic E-state index is 9.12. The zero-order valence-corrected chi connectivity index (χ0v) is 19.8. The highest BCUT2D eigenvalue weighted by Crippen LogP contribution is 2.24. The SMILES string of the molecule is CCCC[n+]1ccc(-c2ccc3nc(-c4cc[n+](CCC[Si](O)(O)O)cc4)cnc3c2)cc1. The van der Waals surface area contributed by atoms with Crippen LogP contribution in [0.15, 0.2) is 73.4 Å². The van der Waals surface area contributed by atoms with Crippen molar-refractivity contribution in [2.24, 2.45) is 0 Å². The fraction of sp³-hybridized carbons (Fsp3) is 0.280. The van der Waals surface area contributed by atoms with E-state index < -0.39 is 8.80 Å². The van der Waals surface area contributed by atoms with E-state index in [4.69, 9.17) is 19.4 Å². The monoisotopic (exact) mass is 462 g/mol. The first-order chi connectivity index (χ1) is 15.9. The first kappa shape index (κ1) is 23.1. The molecule has 0 bridgehead atoms. The molecule has 0 unspecified atom stereocenters. The van der Waals surface area contributed by atoms with Crippen molar-refractivity contribution in [3.8, 4) is 22.4 Å². The highest BCUT2D eigenvalue weighted by atomic mass is 28.4. The molecular weight excluding hydrogens is 432 g/mol. The number of hydrogen-bond acceptors (Lipinski definition) is 5. The van der Waals surface area contributed by atoms with Gasteiger partial charge in [0.05, 0.1) is 22.9 Å². The minimum atomic E-state index is -3.97. The minimum absolute atomic E-state index is 0.0295. The van der Waals surface area contributed by atoms with Crippen LogP contribution in [0.1, 0.15) is 26.2 Å². The Labute approximate surface area is 194 Å². The highest BCUT2D eigenvalue weighted by Gasteiger charge is 2.26. The third kappa shape index (κ3) is 6.26. The Bertz CT molecular complexity index is 1210. The minimum Gasteiger partial charge on any atom is -0.390 e. The standard InChI is InChI=1S/C25H30N4O3Si/c1-2-3-11-28-13-7-20(8-14-28)22-5-6-23-24(18-22)26-19-25(27-23)21-9-15-29(16-10-21)12-4-17-33(30,31)32/h5-10,13-16,18-19,30-32H,2-4,11-12,17H2,1H3/q+2. The van der Waals surface area contributed by atoms with Crippen molar-refractivity contribution in [3.63, 3.8) is 0 Å². The lowest BCUT2D eigenvalue weighted by Crippen LogP contribution is -2.38. The van der Waals surface area contributed by atoms with Gasteiger partial charge < -0.3 is 14.4 Å². The number of benzene rings is 1. The molecule has 0 saturated carbocycles. The normalized spacial score (nSPS) is 11.8. The average Bonchev–Trinajstić information content (AvgIpc) is 2.82. The van der Waals surface area contributed by atoms with E-state index in [0.29, 0.717) is 13.0 Å². The van der Waals surface area contributed by atoms with Crippen molar-refractivity contribution >= 4 is 19.8 Å². The van der Waals surface area contributed by atoms with Gasteiger partial charge in [0.15, 0.2) is 24.8 Å². The summed E-state index contributed by atoms with van der Waals surface area (Å²) in [5, 5.41) is 0. The molecule has 3 aromatic heterocycles. The van der Waals surface area contributed by atoms with E-state index >= 15 is 0 Å². The molecule has 0 spiro atoms. The summed E-state index contributed by atoms with van der Waals surface area (Å²) >= 11 is 0. The summed E-state index contributed by atoms with van der Waals surface area (Å²) < 4.78 is 4.15. The van der Waals surface area contributed by atoms with Gasteiger partial charge in [-0.1, -0.05) is 19.4 Å². The van der Waals surface area contributed by atoms with Gasteiger partial charge in [-0.3, -0.25) is 4.98 Å². The zero-order chi connectivity index (χ0) is 23.3. The van der Waals surface area contributed by atoms with E-state index in [1.165, 1.54) is 12.8 Å². The first-order valence-electron chi connectivity index (χ1n) is 11.3. The van der Waals surface area contributed by atoms with Crippen LogP contribution in [0, 0.1) is 0 Å². The van der Waals surface area contributed by atoms with Gasteiger partial charge in [0.1, 0.15) is 13.1 Å². The number of hydrogen-bond donors (Lipinski definition) is 3. The smallest absolute Gasteiger partial charge is 0.390 e. The summed E-state index contributed by atoms with van der Waals surface area (Å²) in [6, 6.07) is 14.4. The molecule has 1 aromatic carbocycles. The fourth-order valence-corrected chi connectivity index (χ4v) is 4.38. The van der Waals surface area contributed by atoms with E-state index in [1.807, 2.05) is 35.2 Å². The number of unbranched alkanes of at least 4 members (excludes halogenated alkanes) is 1. The van der Waals surface area contributed by atoms with E-state index in [9.17, 15) is 0 Å². The van der Waals surface area contributed by atoms with Crippen LogP contribution < -0.4 is 9.13 Å². The molecule has 0 aliphatic carbocycles. The van der Waals surface area contributed by atoms with E-state index in [1.54, 1.807) is 6.20 Å². The molecule has 170 valence electrons. The van der Waals surface area contributed by atoms with Gasteiger partial charge in [0.25, 0.3) is 0 Å². The van der Waals surface area contributed by atoms with Crippen LogP contribution in [0.25, 0.3) is 33.4 Å². The van der Waals surface area contributed by atoms with Crippen LogP contribution in [0.4, 0.5) is 0 Å². The number of pyridine rings is 2. The Morgan fingerprint density at radius 3 is 2.03 bits per heavy atom. The summed E-state index contributed by atoms with van der Waals surface area (Å²) in [7, 11) is -3.97. The van der Waals surface area contributed by atoms with Gasteiger partial charge in [-0.25, -0.2) is 14.1 Å². The van der Waals surface area contributed by atoms with Crippen LogP contribution in [-0.2, 0) is 13.1 Å². The lowest BCUT2D eigenvalue weighted by atomic mass is 10.1. The average molecular weight is 463 g/mol.